The van der Waals surface area contributed by atoms with Gasteiger partial charge in [-0.3, -0.25) is 9.78 Å². The Morgan fingerprint density at radius 1 is 1.33 bits per heavy atom. The molecule has 124 valence electrons. The van der Waals surface area contributed by atoms with Crippen LogP contribution >= 0.6 is 11.3 Å². The fourth-order valence-corrected chi connectivity index (χ4v) is 3.26. The second kappa shape index (κ2) is 7.40. The van der Waals surface area contributed by atoms with Gasteiger partial charge in [-0.05, 0) is 43.3 Å². The van der Waals surface area contributed by atoms with Crippen LogP contribution in [0.5, 0.6) is 0 Å². The van der Waals surface area contributed by atoms with Crippen molar-refractivity contribution in [2.75, 3.05) is 0 Å². The normalized spacial score (nSPS) is 10.8. The van der Waals surface area contributed by atoms with Gasteiger partial charge in [0.2, 0.25) is 5.91 Å². The van der Waals surface area contributed by atoms with Crippen molar-refractivity contribution in [1.29, 1.82) is 0 Å². The average Bonchev–Trinajstić information content (AvgIpc) is 3.22. The van der Waals surface area contributed by atoms with Crippen molar-refractivity contribution in [3.63, 3.8) is 0 Å². The fraction of sp³-hybridized carbons (Fsp3) is 0.278. The number of nitrogens with zero attached hydrogens (tertiary/aromatic N) is 2. The Morgan fingerprint density at radius 2 is 2.21 bits per heavy atom. The molecule has 0 atom stereocenters. The molecular weight excluding hydrogens is 322 g/mol. The van der Waals surface area contributed by atoms with Gasteiger partial charge in [0.25, 0.3) is 0 Å². The molecule has 1 N–H and O–H groups in total. The SMILES string of the molecule is Cc1noc(C)c1CCC(=O)NCc1cccnc1-c1ccsc1. The first-order chi connectivity index (χ1) is 11.6. The molecule has 0 spiro atoms. The monoisotopic (exact) mass is 341 g/mol. The van der Waals surface area contributed by atoms with E-state index in [1.54, 1.807) is 17.5 Å². The zero-order valence-electron chi connectivity index (χ0n) is 13.7. The number of aryl methyl sites for hydroxylation is 2. The third-order valence-electron chi connectivity index (χ3n) is 3.95. The summed E-state index contributed by atoms with van der Waals surface area (Å²) in [5, 5.41) is 11.0. The van der Waals surface area contributed by atoms with Crippen molar-refractivity contribution in [3.8, 4) is 11.3 Å². The van der Waals surface area contributed by atoms with Crippen LogP contribution in [-0.4, -0.2) is 16.0 Å². The highest BCUT2D eigenvalue weighted by molar-refractivity contribution is 7.08. The van der Waals surface area contributed by atoms with Crippen molar-refractivity contribution >= 4 is 17.2 Å². The minimum atomic E-state index is 0.00937. The quantitative estimate of drug-likeness (QED) is 0.743. The van der Waals surface area contributed by atoms with Crippen LogP contribution in [0.1, 0.15) is 29.0 Å². The smallest absolute Gasteiger partial charge is 0.220 e. The molecule has 0 saturated carbocycles. The molecule has 0 aliphatic heterocycles. The Bertz CT molecular complexity index is 805. The highest BCUT2D eigenvalue weighted by Crippen LogP contribution is 2.23. The van der Waals surface area contributed by atoms with Crippen LogP contribution in [0.4, 0.5) is 0 Å². The first-order valence-corrected chi connectivity index (χ1v) is 8.74. The lowest BCUT2D eigenvalue weighted by Gasteiger charge is -2.09. The fourth-order valence-electron chi connectivity index (χ4n) is 2.62. The number of nitrogens with one attached hydrogen (secondary N) is 1. The molecule has 0 aliphatic rings. The third-order valence-corrected chi connectivity index (χ3v) is 4.63. The van der Waals surface area contributed by atoms with E-state index >= 15 is 0 Å². The van der Waals surface area contributed by atoms with Gasteiger partial charge in [0.15, 0.2) is 0 Å². The van der Waals surface area contributed by atoms with Crippen molar-refractivity contribution in [2.45, 2.75) is 33.2 Å². The first kappa shape index (κ1) is 16.4. The van der Waals surface area contributed by atoms with Gasteiger partial charge < -0.3 is 9.84 Å². The number of carbonyl (C=O) groups is 1. The van der Waals surface area contributed by atoms with Gasteiger partial charge in [0, 0.05) is 35.7 Å². The number of aromatic nitrogens is 2. The van der Waals surface area contributed by atoms with E-state index in [9.17, 15) is 4.79 Å². The van der Waals surface area contributed by atoms with Gasteiger partial charge in [-0.1, -0.05) is 11.2 Å². The number of amides is 1. The molecule has 1 amide bonds. The summed E-state index contributed by atoms with van der Waals surface area (Å²) in [5.74, 6) is 0.794. The lowest BCUT2D eigenvalue weighted by molar-refractivity contribution is -0.121. The van der Waals surface area contributed by atoms with E-state index in [-0.39, 0.29) is 5.91 Å². The third kappa shape index (κ3) is 3.71. The van der Waals surface area contributed by atoms with E-state index in [0.717, 1.165) is 33.8 Å². The summed E-state index contributed by atoms with van der Waals surface area (Å²) >= 11 is 1.63. The van der Waals surface area contributed by atoms with Crippen molar-refractivity contribution in [3.05, 3.63) is 57.7 Å². The number of carbonyl (C=O) groups excluding carboxylic acids is 1. The van der Waals surface area contributed by atoms with Gasteiger partial charge >= 0.3 is 0 Å². The molecule has 0 aliphatic carbocycles. The summed E-state index contributed by atoms with van der Waals surface area (Å²) in [7, 11) is 0. The van der Waals surface area contributed by atoms with E-state index in [1.807, 2.05) is 37.4 Å². The lowest BCUT2D eigenvalue weighted by Crippen LogP contribution is -2.23. The molecule has 5 nitrogen and oxygen atoms in total. The minimum absolute atomic E-state index is 0.00937. The molecule has 3 heterocycles. The highest BCUT2D eigenvalue weighted by Gasteiger charge is 2.12. The van der Waals surface area contributed by atoms with E-state index in [0.29, 0.717) is 19.4 Å². The summed E-state index contributed by atoms with van der Waals surface area (Å²) in [4.78, 5) is 16.6. The molecule has 0 unspecified atom stereocenters. The van der Waals surface area contributed by atoms with Crippen LogP contribution in [0.2, 0.25) is 0 Å². The number of rotatable bonds is 6. The summed E-state index contributed by atoms with van der Waals surface area (Å²) < 4.78 is 5.12. The van der Waals surface area contributed by atoms with Gasteiger partial charge in [0.05, 0.1) is 11.4 Å². The Labute approximate surface area is 144 Å². The van der Waals surface area contributed by atoms with Crippen LogP contribution in [0.3, 0.4) is 0 Å². The maximum absolute atomic E-state index is 12.2. The van der Waals surface area contributed by atoms with Gasteiger partial charge in [-0.25, -0.2) is 0 Å². The van der Waals surface area contributed by atoms with Crippen LogP contribution in [-0.2, 0) is 17.8 Å². The summed E-state index contributed by atoms with van der Waals surface area (Å²) in [5.41, 5.74) is 4.89. The summed E-state index contributed by atoms with van der Waals surface area (Å²) in [6.45, 7) is 4.24. The van der Waals surface area contributed by atoms with Gasteiger partial charge in [-0.15, -0.1) is 0 Å². The minimum Gasteiger partial charge on any atom is -0.361 e. The second-order valence-corrected chi connectivity index (χ2v) is 6.38. The van der Waals surface area contributed by atoms with Gasteiger partial charge in [-0.2, -0.15) is 11.3 Å². The molecule has 0 radical (unpaired) electrons. The average molecular weight is 341 g/mol. The van der Waals surface area contributed by atoms with E-state index in [2.05, 4.69) is 20.8 Å². The maximum Gasteiger partial charge on any atom is 0.220 e. The van der Waals surface area contributed by atoms with Crippen LogP contribution in [0.15, 0.2) is 39.7 Å². The molecule has 0 fully saturated rings. The molecule has 0 bridgehead atoms. The largest absolute Gasteiger partial charge is 0.361 e. The molecule has 3 rings (SSSR count). The zero-order valence-corrected chi connectivity index (χ0v) is 14.5. The van der Waals surface area contributed by atoms with Crippen LogP contribution in [0, 0.1) is 13.8 Å². The Hall–Kier alpha value is -2.47. The standard InChI is InChI=1S/C18H19N3O2S/c1-12-16(13(2)23-21-12)5-6-17(22)20-10-14-4-3-8-19-18(14)15-7-9-24-11-15/h3-4,7-9,11H,5-6,10H2,1-2H3,(H,20,22). The Kier molecular flexibility index (Phi) is 5.05. The maximum atomic E-state index is 12.2. The highest BCUT2D eigenvalue weighted by atomic mass is 32.1. The molecule has 0 aromatic carbocycles. The number of hydrogen-bond donors (Lipinski definition) is 1. The van der Waals surface area contributed by atoms with Gasteiger partial charge in [0.1, 0.15) is 5.76 Å². The van der Waals surface area contributed by atoms with E-state index < -0.39 is 0 Å². The van der Waals surface area contributed by atoms with Crippen molar-refractivity contribution < 1.29 is 9.32 Å². The molecule has 0 saturated heterocycles. The predicted molar refractivity (Wildman–Crippen MR) is 93.7 cm³/mol. The van der Waals surface area contributed by atoms with Crippen LogP contribution < -0.4 is 5.32 Å². The number of thiophene rings is 1. The molecule has 6 heteroatoms. The first-order valence-electron chi connectivity index (χ1n) is 7.80. The Balaban J connectivity index is 1.59. The van der Waals surface area contributed by atoms with E-state index in [4.69, 9.17) is 4.52 Å². The lowest BCUT2D eigenvalue weighted by atomic mass is 10.1. The summed E-state index contributed by atoms with van der Waals surface area (Å²) in [6, 6.07) is 5.92. The molecular formula is C18H19N3O2S. The topological polar surface area (TPSA) is 68.0 Å². The number of hydrogen-bond acceptors (Lipinski definition) is 5. The van der Waals surface area contributed by atoms with Crippen molar-refractivity contribution in [1.82, 2.24) is 15.5 Å². The van der Waals surface area contributed by atoms with Crippen LogP contribution in [0.25, 0.3) is 11.3 Å². The molecule has 3 aromatic heterocycles. The predicted octanol–water partition coefficient (Wildman–Crippen LogP) is 3.66. The van der Waals surface area contributed by atoms with E-state index in [1.165, 1.54) is 0 Å². The summed E-state index contributed by atoms with van der Waals surface area (Å²) in [6.07, 6.45) is 2.82. The molecule has 3 aromatic rings. The molecule has 24 heavy (non-hydrogen) atoms. The second-order valence-electron chi connectivity index (χ2n) is 5.60. The van der Waals surface area contributed by atoms with Crippen molar-refractivity contribution in [2.24, 2.45) is 0 Å². The Morgan fingerprint density at radius 3 is 2.92 bits per heavy atom. The number of pyridine rings is 1. The zero-order chi connectivity index (χ0) is 16.9.